The van der Waals surface area contributed by atoms with Crippen molar-refractivity contribution in [1.82, 2.24) is 14.3 Å². The summed E-state index contributed by atoms with van der Waals surface area (Å²) in [4.78, 5) is 7.69. The number of halogens is 1. The first-order valence-electron chi connectivity index (χ1n) is 7.75. The second-order valence-electron chi connectivity index (χ2n) is 5.82. The third kappa shape index (κ3) is 3.60. The van der Waals surface area contributed by atoms with Crippen LogP contribution in [0.3, 0.4) is 0 Å². The topological polar surface area (TPSA) is 75.3 Å². The molecule has 0 spiro atoms. The van der Waals surface area contributed by atoms with Gasteiger partial charge in [-0.1, -0.05) is 23.7 Å². The van der Waals surface area contributed by atoms with Crippen molar-refractivity contribution in [3.63, 3.8) is 0 Å². The van der Waals surface area contributed by atoms with Crippen LogP contribution in [0.1, 0.15) is 11.4 Å². The monoisotopic (exact) mass is 391 g/mol. The van der Waals surface area contributed by atoms with E-state index in [1.807, 2.05) is 24.3 Å². The average molecular weight is 392 g/mol. The summed E-state index contributed by atoms with van der Waals surface area (Å²) in [5, 5.41) is 0.420. The van der Waals surface area contributed by atoms with Crippen molar-refractivity contribution in [1.29, 1.82) is 0 Å². The number of nitrogens with one attached hydrogen (secondary N) is 1. The maximum absolute atomic E-state index is 12.3. The standard InChI is InChI=1S/C18H18ClN3O3S/c1-22(2)26(23,24)14-8-9-16-17(11-14)21-18(20-16)15(19)10-12-4-6-13(25-3)7-5-12/h4-11H,1-3H3,(H,20,21)/b15-10-. The van der Waals surface area contributed by atoms with Gasteiger partial charge in [-0.3, -0.25) is 0 Å². The van der Waals surface area contributed by atoms with Gasteiger partial charge in [0.05, 0.1) is 28.1 Å². The molecule has 3 rings (SSSR count). The summed E-state index contributed by atoms with van der Waals surface area (Å²) in [7, 11) is 1.08. The number of rotatable bonds is 5. The number of methoxy groups -OCH3 is 1. The Morgan fingerprint density at radius 1 is 1.19 bits per heavy atom. The van der Waals surface area contributed by atoms with Crippen LogP contribution in [0.25, 0.3) is 22.1 Å². The minimum atomic E-state index is -3.51. The first-order valence-corrected chi connectivity index (χ1v) is 9.57. The van der Waals surface area contributed by atoms with Crippen LogP contribution < -0.4 is 4.74 Å². The third-order valence-electron chi connectivity index (χ3n) is 3.87. The maximum atomic E-state index is 12.3. The van der Waals surface area contributed by atoms with Gasteiger partial charge in [0.1, 0.15) is 11.6 Å². The minimum absolute atomic E-state index is 0.195. The first kappa shape index (κ1) is 18.4. The zero-order valence-electron chi connectivity index (χ0n) is 14.5. The van der Waals surface area contributed by atoms with Crippen LogP contribution in [0.4, 0.5) is 0 Å². The lowest BCUT2D eigenvalue weighted by molar-refractivity contribution is 0.415. The Balaban J connectivity index is 1.96. The van der Waals surface area contributed by atoms with E-state index in [0.29, 0.717) is 21.9 Å². The molecular formula is C18H18ClN3O3S. The van der Waals surface area contributed by atoms with Gasteiger partial charge in [-0.25, -0.2) is 17.7 Å². The molecular weight excluding hydrogens is 374 g/mol. The van der Waals surface area contributed by atoms with Gasteiger partial charge >= 0.3 is 0 Å². The van der Waals surface area contributed by atoms with Gasteiger partial charge in [0.25, 0.3) is 0 Å². The normalized spacial score (nSPS) is 12.7. The summed E-state index contributed by atoms with van der Waals surface area (Å²) in [5.74, 6) is 1.23. The number of imidazole rings is 1. The molecule has 0 radical (unpaired) electrons. The average Bonchev–Trinajstić information content (AvgIpc) is 3.05. The zero-order valence-corrected chi connectivity index (χ0v) is 16.1. The van der Waals surface area contributed by atoms with E-state index in [1.54, 1.807) is 25.3 Å². The summed E-state index contributed by atoms with van der Waals surface area (Å²) in [6.07, 6.45) is 1.77. The molecule has 136 valence electrons. The van der Waals surface area contributed by atoms with Crippen molar-refractivity contribution in [2.45, 2.75) is 4.90 Å². The molecule has 0 atom stereocenters. The Hall–Kier alpha value is -2.35. The van der Waals surface area contributed by atoms with Gasteiger partial charge in [0.15, 0.2) is 0 Å². The highest BCUT2D eigenvalue weighted by molar-refractivity contribution is 7.89. The molecule has 0 amide bonds. The quantitative estimate of drug-likeness (QED) is 0.721. The Morgan fingerprint density at radius 3 is 2.50 bits per heavy atom. The number of nitrogens with zero attached hydrogens (tertiary/aromatic N) is 2. The highest BCUT2D eigenvalue weighted by Gasteiger charge is 2.18. The van der Waals surface area contributed by atoms with Crippen molar-refractivity contribution in [2.24, 2.45) is 0 Å². The van der Waals surface area contributed by atoms with E-state index >= 15 is 0 Å². The molecule has 1 heterocycles. The lowest BCUT2D eigenvalue weighted by Gasteiger charge is -2.10. The summed E-state index contributed by atoms with van der Waals surface area (Å²) in [6.45, 7) is 0. The van der Waals surface area contributed by atoms with Crippen molar-refractivity contribution in [3.05, 3.63) is 53.9 Å². The van der Waals surface area contributed by atoms with Crippen LogP contribution in [-0.2, 0) is 10.0 Å². The Kier molecular flexibility index (Phi) is 5.04. The van der Waals surface area contributed by atoms with Gasteiger partial charge in [-0.15, -0.1) is 0 Å². The van der Waals surface area contributed by atoms with E-state index < -0.39 is 10.0 Å². The van der Waals surface area contributed by atoms with Gasteiger partial charge < -0.3 is 9.72 Å². The zero-order chi connectivity index (χ0) is 18.9. The summed E-state index contributed by atoms with van der Waals surface area (Å²) in [6, 6.07) is 12.2. The molecule has 0 aliphatic heterocycles. The molecule has 0 bridgehead atoms. The van der Waals surface area contributed by atoms with Crippen molar-refractivity contribution in [2.75, 3.05) is 21.2 Å². The van der Waals surface area contributed by atoms with E-state index in [4.69, 9.17) is 16.3 Å². The van der Waals surface area contributed by atoms with Gasteiger partial charge in [-0.2, -0.15) is 0 Å². The number of hydrogen-bond acceptors (Lipinski definition) is 4. The smallest absolute Gasteiger partial charge is 0.242 e. The summed E-state index contributed by atoms with van der Waals surface area (Å²) < 4.78 is 30.8. The summed E-state index contributed by atoms with van der Waals surface area (Å²) >= 11 is 6.38. The van der Waals surface area contributed by atoms with Gasteiger partial charge in [0, 0.05) is 14.1 Å². The number of aromatic amines is 1. The predicted octanol–water partition coefficient (Wildman–Crippen LogP) is 3.56. The maximum Gasteiger partial charge on any atom is 0.242 e. The largest absolute Gasteiger partial charge is 0.497 e. The van der Waals surface area contributed by atoms with Crippen molar-refractivity contribution < 1.29 is 13.2 Å². The molecule has 0 fully saturated rings. The number of benzene rings is 2. The highest BCUT2D eigenvalue weighted by atomic mass is 35.5. The molecule has 6 nitrogen and oxygen atoms in total. The molecule has 3 aromatic rings. The Morgan fingerprint density at radius 2 is 1.88 bits per heavy atom. The number of H-pyrrole nitrogens is 1. The number of fused-ring (bicyclic) bond motifs is 1. The first-order chi connectivity index (χ1) is 12.3. The molecule has 1 N–H and O–H groups in total. The van der Waals surface area contributed by atoms with Crippen LogP contribution in [0, 0.1) is 0 Å². The molecule has 26 heavy (non-hydrogen) atoms. The van der Waals surface area contributed by atoms with Crippen LogP contribution in [0.2, 0.25) is 0 Å². The number of aromatic nitrogens is 2. The van der Waals surface area contributed by atoms with E-state index in [2.05, 4.69) is 9.97 Å². The van der Waals surface area contributed by atoms with Crippen molar-refractivity contribution in [3.8, 4) is 5.75 Å². The van der Waals surface area contributed by atoms with Crippen molar-refractivity contribution >= 4 is 43.8 Å². The number of ether oxygens (including phenoxy) is 1. The van der Waals surface area contributed by atoms with Crippen LogP contribution >= 0.6 is 11.6 Å². The SMILES string of the molecule is COc1ccc(/C=C(\Cl)c2nc3ccc(S(=O)(=O)N(C)C)cc3[nH]2)cc1. The fraction of sp³-hybridized carbons (Fsp3) is 0.167. The Labute approximate surface area is 157 Å². The molecule has 0 saturated heterocycles. The van der Waals surface area contributed by atoms with Crippen LogP contribution in [0.15, 0.2) is 47.4 Å². The third-order valence-corrected chi connectivity index (χ3v) is 5.97. The molecule has 8 heteroatoms. The lowest BCUT2D eigenvalue weighted by atomic mass is 10.2. The lowest BCUT2D eigenvalue weighted by Crippen LogP contribution is -2.22. The van der Waals surface area contributed by atoms with E-state index in [9.17, 15) is 8.42 Å². The second-order valence-corrected chi connectivity index (χ2v) is 8.38. The number of sulfonamides is 1. The molecule has 2 aromatic carbocycles. The molecule has 1 aromatic heterocycles. The molecule has 0 unspecified atom stereocenters. The highest BCUT2D eigenvalue weighted by Crippen LogP contribution is 2.25. The Bertz CT molecular complexity index is 1070. The predicted molar refractivity (Wildman–Crippen MR) is 104 cm³/mol. The fourth-order valence-corrected chi connectivity index (χ4v) is 3.53. The molecule has 0 saturated carbocycles. The van der Waals surface area contributed by atoms with E-state index in [-0.39, 0.29) is 4.90 Å². The molecule has 0 aliphatic carbocycles. The fourth-order valence-electron chi connectivity index (χ4n) is 2.39. The van der Waals surface area contributed by atoms with Gasteiger partial charge in [0.2, 0.25) is 10.0 Å². The van der Waals surface area contributed by atoms with E-state index in [0.717, 1.165) is 11.3 Å². The molecule has 0 aliphatic rings. The van der Waals surface area contributed by atoms with Gasteiger partial charge in [-0.05, 0) is 42.0 Å². The van der Waals surface area contributed by atoms with E-state index in [1.165, 1.54) is 24.5 Å². The number of hydrogen-bond donors (Lipinski definition) is 1. The minimum Gasteiger partial charge on any atom is -0.497 e. The van der Waals surface area contributed by atoms with Crippen LogP contribution in [0.5, 0.6) is 5.75 Å². The second kappa shape index (κ2) is 7.11. The summed E-state index contributed by atoms with van der Waals surface area (Å²) in [5.41, 5.74) is 2.13. The van der Waals surface area contributed by atoms with Crippen LogP contribution in [-0.4, -0.2) is 43.9 Å².